The Kier molecular flexibility index (Phi) is 6.34. The first kappa shape index (κ1) is 21.1. The predicted molar refractivity (Wildman–Crippen MR) is 121 cm³/mol. The van der Waals surface area contributed by atoms with Gasteiger partial charge in [0.2, 0.25) is 0 Å². The largest absolute Gasteiger partial charge is 0.378 e. The van der Waals surface area contributed by atoms with Gasteiger partial charge in [-0.05, 0) is 29.3 Å². The topological polar surface area (TPSA) is 87.7 Å². The van der Waals surface area contributed by atoms with E-state index in [0.717, 1.165) is 11.1 Å². The molecule has 1 aliphatic rings. The number of carbonyl (C=O) groups excluding carboxylic acids is 1. The number of hydrogen-bond donors (Lipinski definition) is 2. The number of nitrogens with one attached hydrogen (secondary N) is 2. The fourth-order valence-corrected chi connectivity index (χ4v) is 3.72. The summed E-state index contributed by atoms with van der Waals surface area (Å²) in [4.78, 5) is 38.3. The minimum Gasteiger partial charge on any atom is -0.378 e. The van der Waals surface area contributed by atoms with E-state index in [1.54, 1.807) is 18.2 Å². The molecule has 4 rings (SSSR count). The molecule has 1 amide bonds. The van der Waals surface area contributed by atoms with Crippen molar-refractivity contribution in [1.82, 2.24) is 5.32 Å². The Balaban J connectivity index is 1.35. The van der Waals surface area contributed by atoms with Crippen molar-refractivity contribution < 1.29 is 9.53 Å². The van der Waals surface area contributed by atoms with E-state index in [-0.39, 0.29) is 5.91 Å². The van der Waals surface area contributed by atoms with E-state index in [1.807, 2.05) is 35.2 Å². The van der Waals surface area contributed by atoms with Crippen molar-refractivity contribution in [3.63, 3.8) is 0 Å². The first-order valence-electron chi connectivity index (χ1n) is 10.0. The van der Waals surface area contributed by atoms with E-state index >= 15 is 0 Å². The lowest BCUT2D eigenvalue weighted by molar-refractivity contribution is 0.0951. The molecule has 0 aliphatic carbocycles. The van der Waals surface area contributed by atoms with Gasteiger partial charge < -0.3 is 20.3 Å². The molecule has 8 heteroatoms. The number of hydrogen-bond acceptors (Lipinski definition) is 6. The lowest BCUT2D eigenvalue weighted by atomic mass is 10.1. The van der Waals surface area contributed by atoms with Crippen molar-refractivity contribution in [1.29, 1.82) is 0 Å². The van der Waals surface area contributed by atoms with Gasteiger partial charge in [0.05, 0.1) is 13.2 Å². The SMILES string of the molecule is O=C(NCc1ccccc1Cl)c1ccc(CNc2c(N3CCOCC3)c(=O)c2=O)cc1. The average molecular weight is 440 g/mol. The highest BCUT2D eigenvalue weighted by Gasteiger charge is 2.26. The predicted octanol–water partition coefficient (Wildman–Crippen LogP) is 2.31. The third-order valence-electron chi connectivity index (χ3n) is 5.30. The first-order chi connectivity index (χ1) is 15.0. The van der Waals surface area contributed by atoms with E-state index in [2.05, 4.69) is 10.6 Å². The van der Waals surface area contributed by atoms with Gasteiger partial charge in [-0.2, -0.15) is 0 Å². The van der Waals surface area contributed by atoms with Gasteiger partial charge in [0, 0.05) is 36.8 Å². The first-order valence-corrected chi connectivity index (χ1v) is 10.4. The van der Waals surface area contributed by atoms with E-state index < -0.39 is 10.9 Å². The Morgan fingerprint density at radius 2 is 1.68 bits per heavy atom. The van der Waals surface area contributed by atoms with Gasteiger partial charge in [0.15, 0.2) is 0 Å². The smallest absolute Gasteiger partial charge is 0.253 e. The minimum absolute atomic E-state index is 0.198. The number of carbonyl (C=O) groups is 1. The Bertz CT molecular complexity index is 1150. The van der Waals surface area contributed by atoms with Crippen LogP contribution in [0.5, 0.6) is 0 Å². The van der Waals surface area contributed by atoms with Crippen LogP contribution in [0.2, 0.25) is 5.02 Å². The van der Waals surface area contributed by atoms with Crippen molar-refractivity contribution in [2.75, 3.05) is 36.5 Å². The average Bonchev–Trinajstić information content (AvgIpc) is 2.81. The Morgan fingerprint density at radius 1 is 0.968 bits per heavy atom. The van der Waals surface area contributed by atoms with Crippen molar-refractivity contribution in [2.45, 2.75) is 13.1 Å². The van der Waals surface area contributed by atoms with Gasteiger partial charge in [-0.25, -0.2) is 0 Å². The zero-order valence-electron chi connectivity index (χ0n) is 16.8. The molecule has 0 spiro atoms. The molecule has 0 saturated carbocycles. The van der Waals surface area contributed by atoms with Crippen molar-refractivity contribution in [3.8, 4) is 0 Å². The molecule has 1 aliphatic heterocycles. The van der Waals surface area contributed by atoms with Gasteiger partial charge in [0.1, 0.15) is 11.4 Å². The quantitative estimate of drug-likeness (QED) is 0.549. The van der Waals surface area contributed by atoms with Gasteiger partial charge in [-0.15, -0.1) is 0 Å². The minimum atomic E-state index is -0.489. The highest BCUT2D eigenvalue weighted by molar-refractivity contribution is 6.31. The number of ether oxygens (including phenoxy) is 1. The van der Waals surface area contributed by atoms with Gasteiger partial charge >= 0.3 is 0 Å². The van der Waals surface area contributed by atoms with Gasteiger partial charge in [-0.1, -0.05) is 41.9 Å². The van der Waals surface area contributed by atoms with E-state index in [1.165, 1.54) is 0 Å². The summed E-state index contributed by atoms with van der Waals surface area (Å²) >= 11 is 6.11. The van der Waals surface area contributed by atoms with E-state index in [0.29, 0.717) is 61.4 Å². The summed E-state index contributed by atoms with van der Waals surface area (Å²) in [6.07, 6.45) is 0. The molecule has 1 saturated heterocycles. The normalized spacial score (nSPS) is 13.9. The fraction of sp³-hybridized carbons (Fsp3) is 0.261. The number of amides is 1. The van der Waals surface area contributed by atoms with Crippen molar-refractivity contribution in [2.24, 2.45) is 0 Å². The number of anilines is 2. The van der Waals surface area contributed by atoms with E-state index in [4.69, 9.17) is 16.3 Å². The Labute approximate surface area is 184 Å². The molecule has 7 nitrogen and oxygen atoms in total. The van der Waals surface area contributed by atoms with Crippen LogP contribution in [0.1, 0.15) is 21.5 Å². The number of benzene rings is 2. The van der Waals surface area contributed by atoms with Crippen LogP contribution in [0, 0.1) is 0 Å². The molecule has 3 aromatic rings. The zero-order valence-corrected chi connectivity index (χ0v) is 17.6. The monoisotopic (exact) mass is 439 g/mol. The lowest BCUT2D eigenvalue weighted by Crippen LogP contribution is -2.46. The van der Waals surface area contributed by atoms with Crippen LogP contribution in [-0.2, 0) is 17.8 Å². The van der Waals surface area contributed by atoms with Gasteiger partial charge in [0.25, 0.3) is 16.8 Å². The van der Waals surface area contributed by atoms with Crippen LogP contribution in [0.4, 0.5) is 11.4 Å². The molecule has 0 radical (unpaired) electrons. The summed E-state index contributed by atoms with van der Waals surface area (Å²) in [5.41, 5.74) is 2.13. The van der Waals surface area contributed by atoms with E-state index in [9.17, 15) is 14.4 Å². The molecule has 3 aromatic carbocycles. The number of morpholine rings is 1. The highest BCUT2D eigenvalue weighted by atomic mass is 35.5. The summed E-state index contributed by atoms with van der Waals surface area (Å²) < 4.78 is 5.30. The second-order valence-corrected chi connectivity index (χ2v) is 7.71. The maximum absolute atomic E-state index is 12.4. The maximum atomic E-state index is 12.4. The van der Waals surface area contributed by atoms with Crippen molar-refractivity contribution >= 4 is 28.9 Å². The molecule has 0 unspecified atom stereocenters. The summed E-state index contributed by atoms with van der Waals surface area (Å²) in [5.74, 6) is -0.198. The molecule has 0 bridgehead atoms. The van der Waals surface area contributed by atoms with Gasteiger partial charge in [-0.3, -0.25) is 14.4 Å². The Hall–Kier alpha value is -3.16. The van der Waals surface area contributed by atoms with Crippen LogP contribution < -0.4 is 26.4 Å². The molecule has 1 heterocycles. The number of rotatable bonds is 7. The summed E-state index contributed by atoms with van der Waals surface area (Å²) in [7, 11) is 0. The van der Waals surface area contributed by atoms with Crippen LogP contribution in [0.25, 0.3) is 0 Å². The standard InChI is InChI=1S/C23H22ClN3O4/c24-18-4-2-1-3-17(18)14-26-23(30)16-7-5-15(6-8-16)13-25-19-20(22(29)21(19)28)27-9-11-31-12-10-27/h1-8,25H,9-14H2,(H,26,30). The molecule has 2 N–H and O–H groups in total. The summed E-state index contributed by atoms with van der Waals surface area (Å²) in [6.45, 7) is 2.99. The summed E-state index contributed by atoms with van der Waals surface area (Å²) in [5, 5.41) is 6.54. The van der Waals surface area contributed by atoms with Crippen LogP contribution >= 0.6 is 11.6 Å². The lowest BCUT2D eigenvalue weighted by Gasteiger charge is -2.30. The zero-order chi connectivity index (χ0) is 21.8. The fourth-order valence-electron chi connectivity index (χ4n) is 3.52. The molecule has 160 valence electrons. The number of nitrogens with zero attached hydrogens (tertiary/aromatic N) is 1. The molecule has 1 fully saturated rings. The van der Waals surface area contributed by atoms with Crippen LogP contribution in [0.3, 0.4) is 0 Å². The van der Waals surface area contributed by atoms with Crippen LogP contribution in [-0.4, -0.2) is 32.2 Å². The second-order valence-electron chi connectivity index (χ2n) is 7.31. The molecule has 0 aromatic heterocycles. The van der Waals surface area contributed by atoms with Crippen molar-refractivity contribution in [3.05, 3.63) is 90.7 Å². The maximum Gasteiger partial charge on any atom is 0.253 e. The second kappa shape index (κ2) is 9.32. The summed E-state index contributed by atoms with van der Waals surface area (Å²) in [6, 6.07) is 14.4. The molecular weight excluding hydrogens is 418 g/mol. The Morgan fingerprint density at radius 3 is 2.39 bits per heavy atom. The molecule has 31 heavy (non-hydrogen) atoms. The molecular formula is C23H22ClN3O4. The third kappa shape index (κ3) is 4.62. The third-order valence-corrected chi connectivity index (χ3v) is 5.66. The van der Waals surface area contributed by atoms with Crippen LogP contribution in [0.15, 0.2) is 58.1 Å². The number of halogens is 1. The highest BCUT2D eigenvalue weighted by Crippen LogP contribution is 2.22. The molecule has 0 atom stereocenters.